The van der Waals surface area contributed by atoms with E-state index < -0.39 is 23.6 Å². The van der Waals surface area contributed by atoms with E-state index in [0.29, 0.717) is 12.3 Å². The van der Waals surface area contributed by atoms with Gasteiger partial charge in [-0.1, -0.05) is 108 Å². The fourth-order valence-electron chi connectivity index (χ4n) is 5.81. The van der Waals surface area contributed by atoms with Crippen LogP contribution >= 0.6 is 11.3 Å². The number of hydrogen-bond acceptors (Lipinski definition) is 12. The number of nitrogens with zero attached hydrogens (tertiary/aromatic N) is 3. The smallest absolute Gasteiger partial charge is 0.337 e. The van der Waals surface area contributed by atoms with Gasteiger partial charge in [0.25, 0.3) is 11.8 Å². The molecular weight excluding hydrogens is 673 g/mol. The van der Waals surface area contributed by atoms with E-state index in [4.69, 9.17) is 33.7 Å². The number of aromatic nitrogens is 3. The highest BCUT2D eigenvalue weighted by Crippen LogP contribution is 2.20. The van der Waals surface area contributed by atoms with Gasteiger partial charge < -0.3 is 33.7 Å². The maximum atomic E-state index is 13.3. The Bertz CT molecular complexity index is 1300. The van der Waals surface area contributed by atoms with Gasteiger partial charge in [-0.05, 0) is 36.5 Å². The SMILES string of the molecule is CCCCCCCCCCCCCCCCc1cc(OCC(COC(=O)C(N)(CCCCC[n+]2ccsc2)C(=O)OCC)Oc2ccon2)no1. The van der Waals surface area contributed by atoms with E-state index in [2.05, 4.69) is 21.8 Å². The second kappa shape index (κ2) is 25.5. The van der Waals surface area contributed by atoms with E-state index in [9.17, 15) is 9.59 Å². The first-order valence-corrected chi connectivity index (χ1v) is 20.1. The lowest BCUT2D eigenvalue weighted by Gasteiger charge is -2.26. The number of ether oxygens (including phenoxy) is 4. The Morgan fingerprint density at radius 3 is 2.14 bits per heavy atom. The zero-order valence-electron chi connectivity index (χ0n) is 30.9. The Hall–Kier alpha value is -3.45. The maximum Gasteiger partial charge on any atom is 0.337 e. The number of esters is 2. The molecule has 0 aliphatic heterocycles. The Morgan fingerprint density at radius 1 is 0.843 bits per heavy atom. The second-order valence-electron chi connectivity index (χ2n) is 13.2. The lowest BCUT2D eigenvalue weighted by molar-refractivity contribution is -0.692. The summed E-state index contributed by atoms with van der Waals surface area (Å²) in [4.78, 5) is 26.1. The third-order valence-electron chi connectivity index (χ3n) is 8.85. The van der Waals surface area contributed by atoms with Crippen LogP contribution in [-0.2, 0) is 32.0 Å². The van der Waals surface area contributed by atoms with Crippen LogP contribution in [0.15, 0.2) is 44.5 Å². The van der Waals surface area contributed by atoms with Crippen molar-refractivity contribution in [1.29, 1.82) is 0 Å². The molecule has 0 aromatic carbocycles. The van der Waals surface area contributed by atoms with Gasteiger partial charge in [0, 0.05) is 25.0 Å². The number of carbonyl (C=O) groups excluding carboxylic acids is 2. The Kier molecular flexibility index (Phi) is 21.0. The summed E-state index contributed by atoms with van der Waals surface area (Å²) in [6, 6.07) is 3.30. The van der Waals surface area contributed by atoms with Crippen LogP contribution in [0, 0.1) is 0 Å². The minimum absolute atomic E-state index is 0.0395. The zero-order valence-corrected chi connectivity index (χ0v) is 31.7. The van der Waals surface area contributed by atoms with Crippen molar-refractivity contribution in [1.82, 2.24) is 10.3 Å². The first-order chi connectivity index (χ1) is 24.9. The molecule has 3 rings (SSSR count). The number of carbonyl (C=O) groups is 2. The lowest BCUT2D eigenvalue weighted by Crippen LogP contribution is -2.57. The molecule has 2 unspecified atom stereocenters. The molecule has 13 heteroatoms. The van der Waals surface area contributed by atoms with E-state index in [-0.39, 0.29) is 32.1 Å². The summed E-state index contributed by atoms with van der Waals surface area (Å²) in [6.45, 7) is 4.56. The molecular formula is C38H61N4O8S+. The van der Waals surface area contributed by atoms with E-state index in [1.165, 1.54) is 89.4 Å². The van der Waals surface area contributed by atoms with E-state index in [1.807, 2.05) is 17.1 Å². The molecule has 3 aromatic rings. The summed E-state index contributed by atoms with van der Waals surface area (Å²) in [6.07, 6.45) is 24.0. The minimum atomic E-state index is -1.95. The number of hydrogen-bond donors (Lipinski definition) is 1. The summed E-state index contributed by atoms with van der Waals surface area (Å²) in [5.41, 5.74) is 6.47. The van der Waals surface area contributed by atoms with Crippen molar-refractivity contribution in [2.45, 2.75) is 154 Å². The van der Waals surface area contributed by atoms with Crippen LogP contribution in [-0.4, -0.2) is 53.7 Å². The number of aryl methyl sites for hydroxylation is 2. The molecule has 286 valence electrons. The predicted octanol–water partition coefficient (Wildman–Crippen LogP) is 7.93. The summed E-state index contributed by atoms with van der Waals surface area (Å²) in [5.74, 6) is -0.470. The molecule has 2 N–H and O–H groups in total. The van der Waals surface area contributed by atoms with E-state index in [1.54, 1.807) is 24.3 Å². The molecule has 0 saturated carbocycles. The highest BCUT2D eigenvalue weighted by Gasteiger charge is 2.45. The van der Waals surface area contributed by atoms with Gasteiger partial charge in [-0.3, -0.25) is 0 Å². The molecule has 3 aromatic heterocycles. The summed E-state index contributed by atoms with van der Waals surface area (Å²) in [5, 5.41) is 9.83. The predicted molar refractivity (Wildman–Crippen MR) is 194 cm³/mol. The monoisotopic (exact) mass is 733 g/mol. The second-order valence-corrected chi connectivity index (χ2v) is 14.0. The van der Waals surface area contributed by atoms with E-state index in [0.717, 1.165) is 44.4 Å². The minimum Gasteiger partial charge on any atom is -0.471 e. The third-order valence-corrected chi connectivity index (χ3v) is 9.52. The Labute approximate surface area is 307 Å². The van der Waals surface area contributed by atoms with Gasteiger partial charge in [-0.25, -0.2) is 9.59 Å². The standard InChI is InChI=1S/C38H61N4O8S/c1-3-5-6-7-8-9-10-11-12-13-14-15-16-18-21-32-28-35(41-50-32)46-29-33(49-34-22-26-48-40-34)30-47-37(44)38(39,36(43)45-4-2)23-19-17-20-24-42-25-27-51-31-42/h22,25-28,31,33H,3-21,23-24,29-30,39H2,1-2H3/q+1. The molecule has 51 heavy (non-hydrogen) atoms. The number of thiazole rings is 1. The number of unbranched alkanes of at least 4 members (excludes halogenated alkanes) is 15. The molecule has 0 amide bonds. The average molecular weight is 734 g/mol. The van der Waals surface area contributed by atoms with Gasteiger partial charge in [0.2, 0.25) is 11.0 Å². The Balaban J connectivity index is 1.37. The van der Waals surface area contributed by atoms with Gasteiger partial charge in [-0.2, -0.15) is 4.57 Å². The van der Waals surface area contributed by atoms with Gasteiger partial charge in [-0.15, -0.1) is 0 Å². The van der Waals surface area contributed by atoms with Crippen LogP contribution in [0.2, 0.25) is 0 Å². The molecule has 2 atom stereocenters. The zero-order chi connectivity index (χ0) is 36.4. The van der Waals surface area contributed by atoms with Crippen LogP contribution in [0.1, 0.15) is 135 Å². The van der Waals surface area contributed by atoms with Crippen molar-refractivity contribution in [3.8, 4) is 11.8 Å². The molecule has 0 aliphatic carbocycles. The maximum absolute atomic E-state index is 13.3. The summed E-state index contributed by atoms with van der Waals surface area (Å²) >= 11 is 1.63. The fourth-order valence-corrected chi connectivity index (χ4v) is 6.44. The van der Waals surface area contributed by atoms with Crippen molar-refractivity contribution >= 4 is 23.3 Å². The van der Waals surface area contributed by atoms with Crippen molar-refractivity contribution in [3.05, 3.63) is 41.2 Å². The molecule has 0 saturated heterocycles. The number of rotatable bonds is 31. The molecule has 0 radical (unpaired) electrons. The number of nitrogens with two attached hydrogens (primary N) is 1. The van der Waals surface area contributed by atoms with Crippen LogP contribution in [0.4, 0.5) is 0 Å². The van der Waals surface area contributed by atoms with Gasteiger partial charge >= 0.3 is 11.9 Å². The van der Waals surface area contributed by atoms with Crippen molar-refractivity contribution < 1.29 is 42.1 Å². The topological polar surface area (TPSA) is 153 Å². The first-order valence-electron chi connectivity index (χ1n) is 19.1. The van der Waals surface area contributed by atoms with Crippen LogP contribution < -0.4 is 19.8 Å². The quantitative estimate of drug-likeness (QED) is 0.0297. The lowest BCUT2D eigenvalue weighted by atomic mass is 9.93. The molecule has 0 bridgehead atoms. The fraction of sp³-hybridized carbons (Fsp3) is 0.711. The first kappa shape index (κ1) is 42.0. The highest BCUT2D eigenvalue weighted by molar-refractivity contribution is 7.07. The van der Waals surface area contributed by atoms with Crippen molar-refractivity contribution in [3.63, 3.8) is 0 Å². The van der Waals surface area contributed by atoms with Crippen LogP contribution in [0.25, 0.3) is 0 Å². The van der Waals surface area contributed by atoms with Gasteiger partial charge in [0.05, 0.1) is 12.0 Å². The summed E-state index contributed by atoms with van der Waals surface area (Å²) in [7, 11) is 0. The summed E-state index contributed by atoms with van der Waals surface area (Å²) < 4.78 is 34.9. The molecule has 12 nitrogen and oxygen atoms in total. The van der Waals surface area contributed by atoms with Crippen molar-refractivity contribution in [2.24, 2.45) is 5.73 Å². The molecule has 0 fully saturated rings. The van der Waals surface area contributed by atoms with Crippen molar-refractivity contribution in [2.75, 3.05) is 19.8 Å². The van der Waals surface area contributed by atoms with Gasteiger partial charge in [0.1, 0.15) is 31.8 Å². The molecule has 3 heterocycles. The van der Waals surface area contributed by atoms with Crippen LogP contribution in [0.5, 0.6) is 11.8 Å². The van der Waals surface area contributed by atoms with E-state index >= 15 is 0 Å². The Morgan fingerprint density at radius 2 is 1.51 bits per heavy atom. The van der Waals surface area contributed by atoms with Gasteiger partial charge in [0.15, 0.2) is 12.3 Å². The third kappa shape index (κ3) is 17.1. The average Bonchev–Trinajstić information content (AvgIpc) is 3.94. The molecule has 0 aliphatic rings. The highest BCUT2D eigenvalue weighted by atomic mass is 32.1. The molecule has 0 spiro atoms. The largest absolute Gasteiger partial charge is 0.471 e. The van der Waals surface area contributed by atoms with Crippen LogP contribution in [0.3, 0.4) is 0 Å². The normalized spacial score (nSPS) is 13.1.